The van der Waals surface area contributed by atoms with Crippen LogP contribution in [0.2, 0.25) is 0 Å². The van der Waals surface area contributed by atoms with Gasteiger partial charge in [0, 0.05) is 12.0 Å². The number of hydrogen-bond donors (Lipinski definition) is 3. The zero-order chi connectivity index (χ0) is 18.1. The molecule has 132 valence electrons. The second-order valence-corrected chi connectivity index (χ2v) is 7.08. The number of benzene rings is 3. The molecule has 0 amide bonds. The lowest BCUT2D eigenvalue weighted by molar-refractivity contribution is -0.701. The van der Waals surface area contributed by atoms with Crippen molar-refractivity contribution in [3.05, 3.63) is 94.5 Å². The Kier molecular flexibility index (Phi) is 4.39. The highest BCUT2D eigenvalue weighted by Gasteiger charge is 2.34. The molecule has 0 saturated heterocycles. The molecule has 1 aliphatic heterocycles. The van der Waals surface area contributed by atoms with E-state index in [1.54, 1.807) is 12.1 Å². The molecule has 3 nitrogen and oxygen atoms in total. The van der Waals surface area contributed by atoms with Crippen LogP contribution in [0.1, 0.15) is 39.8 Å². The van der Waals surface area contributed by atoms with Gasteiger partial charge in [0.25, 0.3) is 0 Å². The van der Waals surface area contributed by atoms with E-state index in [0.29, 0.717) is 0 Å². The van der Waals surface area contributed by atoms with Crippen LogP contribution >= 0.6 is 0 Å². The van der Waals surface area contributed by atoms with Crippen LogP contribution in [0.4, 0.5) is 0 Å². The van der Waals surface area contributed by atoms with Crippen LogP contribution < -0.4 is 5.32 Å². The number of aromatic hydroxyl groups is 2. The quantitative estimate of drug-likeness (QED) is 0.637. The number of rotatable bonds is 3. The molecule has 3 aromatic rings. The summed E-state index contributed by atoms with van der Waals surface area (Å²) in [6.45, 7) is 3.13. The Hall–Kier alpha value is -2.78. The van der Waals surface area contributed by atoms with E-state index < -0.39 is 0 Å². The van der Waals surface area contributed by atoms with Crippen molar-refractivity contribution in [2.45, 2.75) is 25.3 Å². The SMILES string of the molecule is Cc1ccccc1[C@@H](c1ccccc1)[C@H]1[NH2+]CCc2cc(O)c(O)cc21. The first-order valence-electron chi connectivity index (χ1n) is 9.13. The highest BCUT2D eigenvalue weighted by atomic mass is 16.3. The van der Waals surface area contributed by atoms with Gasteiger partial charge in [0.2, 0.25) is 0 Å². The zero-order valence-corrected chi connectivity index (χ0v) is 14.9. The summed E-state index contributed by atoms with van der Waals surface area (Å²) in [6.07, 6.45) is 0.898. The van der Waals surface area contributed by atoms with Gasteiger partial charge in [0.1, 0.15) is 6.04 Å². The third-order valence-corrected chi connectivity index (χ3v) is 5.47. The number of hydrogen-bond acceptors (Lipinski definition) is 2. The van der Waals surface area contributed by atoms with Crippen LogP contribution in [0, 0.1) is 6.92 Å². The predicted molar refractivity (Wildman–Crippen MR) is 102 cm³/mol. The lowest BCUT2D eigenvalue weighted by Gasteiger charge is -2.32. The van der Waals surface area contributed by atoms with Gasteiger partial charge in [-0.25, -0.2) is 0 Å². The monoisotopic (exact) mass is 346 g/mol. The smallest absolute Gasteiger partial charge is 0.157 e. The Balaban J connectivity index is 1.89. The van der Waals surface area contributed by atoms with Gasteiger partial charge < -0.3 is 15.5 Å². The van der Waals surface area contributed by atoms with Gasteiger partial charge in [-0.3, -0.25) is 0 Å². The number of fused-ring (bicyclic) bond motifs is 1. The number of aryl methyl sites for hydroxylation is 1. The highest BCUT2D eigenvalue weighted by Crippen LogP contribution is 2.41. The van der Waals surface area contributed by atoms with Crippen molar-refractivity contribution >= 4 is 0 Å². The average Bonchev–Trinajstić information content (AvgIpc) is 2.66. The van der Waals surface area contributed by atoms with Crippen molar-refractivity contribution < 1.29 is 15.5 Å². The maximum absolute atomic E-state index is 10.1. The zero-order valence-electron chi connectivity index (χ0n) is 14.9. The first-order valence-corrected chi connectivity index (χ1v) is 9.13. The molecule has 4 rings (SSSR count). The van der Waals surface area contributed by atoms with E-state index in [-0.39, 0.29) is 23.5 Å². The summed E-state index contributed by atoms with van der Waals surface area (Å²) in [5.74, 6) is 0.109. The van der Waals surface area contributed by atoms with Gasteiger partial charge in [-0.1, -0.05) is 54.6 Å². The molecule has 3 aromatic carbocycles. The van der Waals surface area contributed by atoms with E-state index in [1.807, 2.05) is 6.07 Å². The van der Waals surface area contributed by atoms with Crippen LogP contribution in [0.5, 0.6) is 11.5 Å². The van der Waals surface area contributed by atoms with Crippen molar-refractivity contribution in [2.24, 2.45) is 0 Å². The van der Waals surface area contributed by atoms with Crippen LogP contribution in [0.25, 0.3) is 0 Å². The summed E-state index contributed by atoms with van der Waals surface area (Å²) in [5, 5.41) is 22.4. The Morgan fingerprint density at radius 3 is 2.38 bits per heavy atom. The number of quaternary nitrogens is 1. The van der Waals surface area contributed by atoms with E-state index in [4.69, 9.17) is 0 Å². The number of phenols is 2. The van der Waals surface area contributed by atoms with E-state index in [9.17, 15) is 10.2 Å². The largest absolute Gasteiger partial charge is 0.504 e. The fourth-order valence-corrected chi connectivity index (χ4v) is 4.20. The standard InChI is InChI=1S/C23H23NO2/c1-15-7-5-6-10-18(15)22(16-8-3-2-4-9-16)23-19-14-21(26)20(25)13-17(19)11-12-24-23/h2-10,13-14,22-26H,11-12H2,1H3/p+1/t22-,23+/m1/s1. The van der Waals surface area contributed by atoms with Crippen LogP contribution in [-0.2, 0) is 6.42 Å². The average molecular weight is 346 g/mol. The molecule has 1 aliphatic rings. The van der Waals surface area contributed by atoms with E-state index in [1.165, 1.54) is 16.7 Å². The molecule has 0 spiro atoms. The molecule has 0 saturated carbocycles. The molecule has 3 heteroatoms. The Bertz CT molecular complexity index is 921. The van der Waals surface area contributed by atoms with E-state index in [2.05, 4.69) is 60.8 Å². The second kappa shape index (κ2) is 6.85. The molecule has 0 radical (unpaired) electrons. The van der Waals surface area contributed by atoms with Crippen molar-refractivity contribution in [3.63, 3.8) is 0 Å². The fraction of sp³-hybridized carbons (Fsp3) is 0.217. The van der Waals surface area contributed by atoms with Crippen LogP contribution in [0.3, 0.4) is 0 Å². The van der Waals surface area contributed by atoms with Crippen LogP contribution in [0.15, 0.2) is 66.7 Å². The van der Waals surface area contributed by atoms with Gasteiger partial charge >= 0.3 is 0 Å². The summed E-state index contributed by atoms with van der Waals surface area (Å²) in [4.78, 5) is 0. The molecule has 26 heavy (non-hydrogen) atoms. The lowest BCUT2D eigenvalue weighted by atomic mass is 9.77. The summed E-state index contributed by atoms with van der Waals surface area (Å²) in [6, 6.07) is 22.7. The summed E-state index contributed by atoms with van der Waals surface area (Å²) >= 11 is 0. The molecular formula is C23H24NO2+. The summed E-state index contributed by atoms with van der Waals surface area (Å²) in [7, 11) is 0. The highest BCUT2D eigenvalue weighted by molar-refractivity contribution is 5.49. The van der Waals surface area contributed by atoms with Crippen molar-refractivity contribution in [1.82, 2.24) is 0 Å². The molecular weight excluding hydrogens is 322 g/mol. The van der Waals surface area contributed by atoms with Crippen molar-refractivity contribution in [3.8, 4) is 11.5 Å². The minimum Gasteiger partial charge on any atom is -0.504 e. The fourth-order valence-electron chi connectivity index (χ4n) is 4.20. The third kappa shape index (κ3) is 2.95. The first kappa shape index (κ1) is 16.7. The minimum atomic E-state index is -0.0411. The Labute approximate surface area is 154 Å². The van der Waals surface area contributed by atoms with Gasteiger partial charge in [-0.2, -0.15) is 0 Å². The molecule has 0 unspecified atom stereocenters. The first-order chi connectivity index (χ1) is 12.6. The second-order valence-electron chi connectivity index (χ2n) is 7.08. The van der Waals surface area contributed by atoms with Gasteiger partial charge in [-0.15, -0.1) is 0 Å². The predicted octanol–water partition coefficient (Wildman–Crippen LogP) is 3.40. The minimum absolute atomic E-state index is 0.0310. The van der Waals surface area contributed by atoms with E-state index in [0.717, 1.165) is 24.1 Å². The molecule has 1 heterocycles. The van der Waals surface area contributed by atoms with Crippen molar-refractivity contribution in [1.29, 1.82) is 0 Å². The van der Waals surface area contributed by atoms with Gasteiger partial charge in [0.05, 0.1) is 12.5 Å². The molecule has 0 aromatic heterocycles. The lowest BCUT2D eigenvalue weighted by Crippen LogP contribution is -2.88. The van der Waals surface area contributed by atoms with Gasteiger partial charge in [0.15, 0.2) is 11.5 Å². The third-order valence-electron chi connectivity index (χ3n) is 5.47. The Morgan fingerprint density at radius 1 is 0.923 bits per heavy atom. The summed E-state index contributed by atoms with van der Waals surface area (Å²) in [5.41, 5.74) is 6.08. The maximum atomic E-state index is 10.1. The molecule has 4 N–H and O–H groups in total. The molecule has 0 bridgehead atoms. The molecule has 0 aliphatic carbocycles. The normalized spacial score (nSPS) is 17.5. The molecule has 2 atom stereocenters. The topological polar surface area (TPSA) is 57.1 Å². The van der Waals surface area contributed by atoms with Crippen LogP contribution in [-0.4, -0.2) is 16.8 Å². The number of nitrogens with two attached hydrogens (primary N) is 1. The molecule has 0 fully saturated rings. The van der Waals surface area contributed by atoms with Gasteiger partial charge in [-0.05, 0) is 41.3 Å². The Morgan fingerprint density at radius 2 is 1.62 bits per heavy atom. The van der Waals surface area contributed by atoms with Crippen molar-refractivity contribution in [2.75, 3.05) is 6.54 Å². The van der Waals surface area contributed by atoms with E-state index >= 15 is 0 Å². The number of phenolic OH excluding ortho intramolecular Hbond substituents is 2. The summed E-state index contributed by atoms with van der Waals surface area (Å²) < 4.78 is 0. The maximum Gasteiger partial charge on any atom is 0.157 e.